The van der Waals surface area contributed by atoms with Gasteiger partial charge in [-0.05, 0) is 49.7 Å². The standard InChI is InChI=1S/C24H43NO3Si/c1-7-11-17-29(18-12-8-2,19-13-9-3)28-21(5)22-15-14-16-23(20-22)27-24(26)25(6)10-4/h14-16,20-21H,7-13,17-19H2,1-6H3/t21-/m0/s1. The predicted octanol–water partition coefficient (Wildman–Crippen LogP) is 7.56. The van der Waals surface area contributed by atoms with Gasteiger partial charge in [-0.2, -0.15) is 0 Å². The molecule has 0 fully saturated rings. The van der Waals surface area contributed by atoms with Crippen molar-refractivity contribution in [2.24, 2.45) is 0 Å². The lowest BCUT2D eigenvalue weighted by molar-refractivity contribution is 0.164. The third-order valence-corrected chi connectivity index (χ3v) is 10.4. The van der Waals surface area contributed by atoms with Crippen LogP contribution < -0.4 is 4.74 Å². The summed E-state index contributed by atoms with van der Waals surface area (Å²) in [4.78, 5) is 13.6. The number of amides is 1. The molecule has 0 aliphatic carbocycles. The lowest BCUT2D eigenvalue weighted by atomic mass is 10.1. The highest BCUT2D eigenvalue weighted by atomic mass is 28.4. The zero-order valence-electron chi connectivity index (χ0n) is 19.6. The van der Waals surface area contributed by atoms with E-state index in [2.05, 4.69) is 33.8 Å². The molecule has 4 nitrogen and oxygen atoms in total. The number of nitrogens with zero attached hydrogens (tertiary/aromatic N) is 1. The Balaban J connectivity index is 2.97. The summed E-state index contributed by atoms with van der Waals surface area (Å²) in [6.45, 7) is 11.5. The molecule has 1 rings (SSSR count). The van der Waals surface area contributed by atoms with Crippen LogP contribution in [0.1, 0.15) is 84.8 Å². The van der Waals surface area contributed by atoms with E-state index in [9.17, 15) is 4.79 Å². The van der Waals surface area contributed by atoms with E-state index in [1.165, 1.54) is 56.7 Å². The summed E-state index contributed by atoms with van der Waals surface area (Å²) >= 11 is 0. The largest absolute Gasteiger partial charge is 0.414 e. The minimum absolute atomic E-state index is 0.0230. The van der Waals surface area contributed by atoms with Crippen molar-refractivity contribution < 1.29 is 14.0 Å². The van der Waals surface area contributed by atoms with Gasteiger partial charge in [-0.1, -0.05) is 71.4 Å². The highest BCUT2D eigenvalue weighted by Gasteiger charge is 2.35. The van der Waals surface area contributed by atoms with Gasteiger partial charge in [-0.3, -0.25) is 0 Å². The zero-order chi connectivity index (χ0) is 21.7. The zero-order valence-corrected chi connectivity index (χ0v) is 20.6. The summed E-state index contributed by atoms with van der Waals surface area (Å²) in [5.74, 6) is 0.589. The molecule has 0 aromatic heterocycles. The Hall–Kier alpha value is -1.33. The number of unbranched alkanes of at least 4 members (excludes halogenated alkanes) is 3. The third kappa shape index (κ3) is 8.91. The van der Waals surface area contributed by atoms with Crippen LogP contribution in [-0.4, -0.2) is 32.9 Å². The second-order valence-corrected chi connectivity index (χ2v) is 12.3. The van der Waals surface area contributed by atoms with Crippen LogP contribution in [-0.2, 0) is 4.43 Å². The maximum atomic E-state index is 12.1. The minimum Gasteiger partial charge on any atom is -0.410 e. The fraction of sp³-hybridized carbons (Fsp3) is 0.708. The van der Waals surface area contributed by atoms with Crippen LogP contribution in [0.2, 0.25) is 18.1 Å². The average molecular weight is 422 g/mol. The summed E-state index contributed by atoms with van der Waals surface area (Å²) in [6.07, 6.45) is 7.14. The summed E-state index contributed by atoms with van der Waals surface area (Å²) in [6, 6.07) is 11.6. The van der Waals surface area contributed by atoms with Gasteiger partial charge in [-0.15, -0.1) is 0 Å². The van der Waals surface area contributed by atoms with Crippen LogP contribution in [0.3, 0.4) is 0 Å². The maximum absolute atomic E-state index is 12.1. The fourth-order valence-corrected chi connectivity index (χ4v) is 8.61. The summed E-state index contributed by atoms with van der Waals surface area (Å²) in [5, 5.41) is 0. The Labute approximate surface area is 180 Å². The van der Waals surface area contributed by atoms with Crippen molar-refractivity contribution in [1.82, 2.24) is 4.90 Å². The molecule has 0 saturated carbocycles. The lowest BCUT2D eigenvalue weighted by Gasteiger charge is -2.35. The molecule has 1 aromatic rings. The normalized spacial score (nSPS) is 12.6. The van der Waals surface area contributed by atoms with Gasteiger partial charge in [0.05, 0.1) is 6.10 Å². The molecule has 0 saturated heterocycles. The Bertz CT molecular complexity index is 571. The van der Waals surface area contributed by atoms with Gasteiger partial charge in [0.2, 0.25) is 0 Å². The molecule has 0 spiro atoms. The van der Waals surface area contributed by atoms with Crippen molar-refractivity contribution in [3.63, 3.8) is 0 Å². The Morgan fingerprint density at radius 2 is 1.55 bits per heavy atom. The predicted molar refractivity (Wildman–Crippen MR) is 125 cm³/mol. The van der Waals surface area contributed by atoms with Crippen molar-refractivity contribution in [1.29, 1.82) is 0 Å². The Morgan fingerprint density at radius 1 is 1.00 bits per heavy atom. The highest BCUT2D eigenvalue weighted by molar-refractivity contribution is 6.73. The lowest BCUT2D eigenvalue weighted by Crippen LogP contribution is -2.39. The smallest absolute Gasteiger partial charge is 0.410 e. The van der Waals surface area contributed by atoms with Crippen molar-refractivity contribution in [3.8, 4) is 5.75 Å². The summed E-state index contributed by atoms with van der Waals surface area (Å²) in [7, 11) is -0.0502. The second-order valence-electron chi connectivity index (χ2n) is 8.21. The summed E-state index contributed by atoms with van der Waals surface area (Å²) in [5.41, 5.74) is 1.09. The fourth-order valence-electron chi connectivity index (χ4n) is 3.63. The first-order valence-electron chi connectivity index (χ1n) is 11.6. The molecule has 166 valence electrons. The second kappa shape index (κ2) is 13.8. The van der Waals surface area contributed by atoms with Crippen LogP contribution in [0, 0.1) is 0 Å². The number of ether oxygens (including phenoxy) is 1. The summed E-state index contributed by atoms with van der Waals surface area (Å²) < 4.78 is 12.5. The molecule has 1 amide bonds. The van der Waals surface area contributed by atoms with Gasteiger partial charge in [0.1, 0.15) is 5.75 Å². The molecule has 0 aliphatic rings. The molecule has 5 heteroatoms. The van der Waals surface area contributed by atoms with Crippen LogP contribution in [0.4, 0.5) is 4.79 Å². The Morgan fingerprint density at radius 3 is 2.03 bits per heavy atom. The van der Waals surface area contributed by atoms with E-state index in [0.29, 0.717) is 12.3 Å². The minimum atomic E-state index is -1.79. The van der Waals surface area contributed by atoms with Gasteiger partial charge in [0.25, 0.3) is 0 Å². The van der Waals surface area contributed by atoms with Crippen molar-refractivity contribution in [2.75, 3.05) is 13.6 Å². The van der Waals surface area contributed by atoms with E-state index in [-0.39, 0.29) is 12.2 Å². The molecule has 0 bridgehead atoms. The SMILES string of the molecule is CCCC[Si](CCCC)(CCCC)O[C@@H](C)c1cccc(OC(=O)N(C)CC)c1. The number of carbonyl (C=O) groups excluding carboxylic acids is 1. The molecule has 1 atom stereocenters. The van der Waals surface area contributed by atoms with Gasteiger partial charge < -0.3 is 14.1 Å². The van der Waals surface area contributed by atoms with E-state index in [0.717, 1.165) is 5.56 Å². The monoisotopic (exact) mass is 421 g/mol. The number of benzene rings is 1. The molecule has 0 unspecified atom stereocenters. The van der Waals surface area contributed by atoms with Crippen LogP contribution in [0.25, 0.3) is 0 Å². The van der Waals surface area contributed by atoms with Crippen molar-refractivity contribution in [3.05, 3.63) is 29.8 Å². The molecular formula is C24H43NO3Si. The maximum Gasteiger partial charge on any atom is 0.414 e. The van der Waals surface area contributed by atoms with Gasteiger partial charge >= 0.3 is 6.09 Å². The molecule has 0 N–H and O–H groups in total. The molecular weight excluding hydrogens is 378 g/mol. The molecule has 29 heavy (non-hydrogen) atoms. The van der Waals surface area contributed by atoms with Gasteiger partial charge in [0.15, 0.2) is 8.32 Å². The molecule has 0 heterocycles. The van der Waals surface area contributed by atoms with Crippen molar-refractivity contribution in [2.45, 2.75) is 97.4 Å². The molecule has 1 aromatic carbocycles. The van der Waals surface area contributed by atoms with Crippen LogP contribution in [0.5, 0.6) is 5.75 Å². The van der Waals surface area contributed by atoms with E-state index in [1.54, 1.807) is 11.9 Å². The molecule has 0 radical (unpaired) electrons. The number of carbonyl (C=O) groups is 1. The molecule has 0 aliphatic heterocycles. The number of hydrogen-bond acceptors (Lipinski definition) is 3. The first-order valence-corrected chi connectivity index (χ1v) is 14.1. The van der Waals surface area contributed by atoms with Crippen LogP contribution >= 0.6 is 0 Å². The number of rotatable bonds is 14. The number of hydrogen-bond donors (Lipinski definition) is 0. The van der Waals surface area contributed by atoms with E-state index in [1.807, 2.05) is 25.1 Å². The van der Waals surface area contributed by atoms with Gasteiger partial charge in [-0.25, -0.2) is 4.79 Å². The van der Waals surface area contributed by atoms with E-state index >= 15 is 0 Å². The highest BCUT2D eigenvalue weighted by Crippen LogP contribution is 2.35. The van der Waals surface area contributed by atoms with Gasteiger partial charge in [0, 0.05) is 13.6 Å². The Kier molecular flexibility index (Phi) is 12.2. The third-order valence-electron chi connectivity index (χ3n) is 5.70. The van der Waals surface area contributed by atoms with E-state index in [4.69, 9.17) is 9.16 Å². The van der Waals surface area contributed by atoms with E-state index < -0.39 is 8.32 Å². The first kappa shape index (κ1) is 25.7. The topological polar surface area (TPSA) is 38.8 Å². The first-order chi connectivity index (χ1) is 13.9. The van der Waals surface area contributed by atoms with Crippen LogP contribution in [0.15, 0.2) is 24.3 Å². The van der Waals surface area contributed by atoms with Crippen molar-refractivity contribution >= 4 is 14.4 Å². The average Bonchev–Trinajstić information content (AvgIpc) is 2.74. The quantitative estimate of drug-likeness (QED) is 0.291.